The van der Waals surface area contributed by atoms with E-state index in [1.807, 2.05) is 32.0 Å². The Balaban J connectivity index is 2.97. The smallest absolute Gasteiger partial charge is 0.379 e. The molecule has 0 heterocycles. The molecule has 0 unspecified atom stereocenters. The molecule has 3 heteroatoms. The van der Waals surface area contributed by atoms with Gasteiger partial charge in [0.05, 0.1) is 0 Å². The number of aryl methyl sites for hydroxylation is 2. The molecule has 0 fully saturated rings. The summed E-state index contributed by atoms with van der Waals surface area (Å²) >= 11 is 0. The molecule has 3 nitrogen and oxygen atoms in total. The van der Waals surface area contributed by atoms with Crippen LogP contribution in [0.4, 0.5) is 0 Å². The molecule has 0 N–H and O–H groups in total. The zero-order chi connectivity index (χ0) is 10.7. The van der Waals surface area contributed by atoms with Crippen LogP contribution < -0.4 is 4.74 Å². The van der Waals surface area contributed by atoms with E-state index in [4.69, 9.17) is 4.74 Å². The number of hydrogen-bond acceptors (Lipinski definition) is 3. The van der Waals surface area contributed by atoms with Crippen molar-refractivity contribution in [2.24, 2.45) is 0 Å². The number of carbonyl (C=O) groups excluding carboxylic acids is 2. The van der Waals surface area contributed by atoms with E-state index >= 15 is 0 Å². The second-order valence-corrected chi connectivity index (χ2v) is 3.17. The van der Waals surface area contributed by atoms with Gasteiger partial charge in [-0.15, -0.1) is 0 Å². The van der Waals surface area contributed by atoms with Gasteiger partial charge in [-0.25, -0.2) is 4.79 Å². The number of ether oxygens (including phenoxy) is 1. The lowest BCUT2D eigenvalue weighted by atomic mass is 10.1. The van der Waals surface area contributed by atoms with Crippen LogP contribution in [-0.4, -0.2) is 11.8 Å². The molecule has 74 valence electrons. The van der Waals surface area contributed by atoms with Crippen molar-refractivity contribution in [3.8, 4) is 5.75 Å². The Morgan fingerprint density at radius 2 is 1.64 bits per heavy atom. The van der Waals surface area contributed by atoms with Crippen molar-refractivity contribution in [2.75, 3.05) is 0 Å². The third-order valence-electron chi connectivity index (χ3n) is 1.89. The minimum atomic E-state index is -0.817. The maximum atomic E-state index is 11.0. The minimum absolute atomic E-state index is 0.479. The largest absolute Gasteiger partial charge is 0.420 e. The van der Waals surface area contributed by atoms with Crippen molar-refractivity contribution in [3.63, 3.8) is 0 Å². The number of para-hydroxylation sites is 1. The molecule has 0 spiro atoms. The fourth-order valence-corrected chi connectivity index (χ4v) is 1.12. The molecule has 0 saturated heterocycles. The van der Waals surface area contributed by atoms with E-state index in [0.29, 0.717) is 5.75 Å². The Morgan fingerprint density at radius 3 is 2.07 bits per heavy atom. The summed E-state index contributed by atoms with van der Waals surface area (Å²) in [6.07, 6.45) is 0. The topological polar surface area (TPSA) is 43.4 Å². The molecule has 0 aliphatic heterocycles. The van der Waals surface area contributed by atoms with Crippen molar-refractivity contribution in [1.82, 2.24) is 0 Å². The first-order valence-corrected chi connectivity index (χ1v) is 4.31. The van der Waals surface area contributed by atoms with Gasteiger partial charge in [0.25, 0.3) is 0 Å². The molecule has 1 rings (SSSR count). The van der Waals surface area contributed by atoms with E-state index in [9.17, 15) is 9.59 Å². The van der Waals surface area contributed by atoms with Crippen molar-refractivity contribution in [3.05, 3.63) is 29.3 Å². The first-order chi connectivity index (χ1) is 6.52. The summed E-state index contributed by atoms with van der Waals surface area (Å²) < 4.78 is 4.95. The van der Waals surface area contributed by atoms with E-state index in [1.165, 1.54) is 6.92 Å². The number of benzene rings is 1. The van der Waals surface area contributed by atoms with Crippen molar-refractivity contribution >= 4 is 11.8 Å². The molecule has 1 aromatic rings. The van der Waals surface area contributed by atoms with Crippen LogP contribution in [0.2, 0.25) is 0 Å². The zero-order valence-corrected chi connectivity index (χ0v) is 8.46. The molecule has 0 saturated carbocycles. The number of Topliss-reactive ketones (excluding diaryl/α,β-unsaturated/α-hetero) is 1. The summed E-state index contributed by atoms with van der Waals surface area (Å²) in [5, 5.41) is 0. The van der Waals surface area contributed by atoms with Gasteiger partial charge in [-0.2, -0.15) is 0 Å². The van der Waals surface area contributed by atoms with Crippen molar-refractivity contribution in [1.29, 1.82) is 0 Å². The lowest BCUT2D eigenvalue weighted by molar-refractivity contribution is -0.146. The van der Waals surface area contributed by atoms with Gasteiger partial charge in [-0.05, 0) is 25.0 Å². The van der Waals surface area contributed by atoms with E-state index < -0.39 is 11.8 Å². The second-order valence-electron chi connectivity index (χ2n) is 3.17. The SMILES string of the molecule is CC(=O)C(=O)Oc1c(C)cccc1C. The lowest BCUT2D eigenvalue weighted by Crippen LogP contribution is -2.17. The minimum Gasteiger partial charge on any atom is -0.420 e. The number of hydrogen-bond donors (Lipinski definition) is 0. The van der Waals surface area contributed by atoms with Crippen molar-refractivity contribution < 1.29 is 14.3 Å². The third kappa shape index (κ3) is 2.19. The van der Waals surface area contributed by atoms with Crippen LogP contribution in [0.15, 0.2) is 18.2 Å². The summed E-state index contributed by atoms with van der Waals surface area (Å²) in [4.78, 5) is 21.7. The Morgan fingerprint density at radius 1 is 1.14 bits per heavy atom. The molecule has 0 radical (unpaired) electrons. The predicted octanol–water partition coefficient (Wildman–Crippen LogP) is 1.80. The molecule has 0 bridgehead atoms. The first kappa shape index (κ1) is 10.4. The molecule has 14 heavy (non-hydrogen) atoms. The molecular weight excluding hydrogens is 180 g/mol. The summed E-state index contributed by atoms with van der Waals surface area (Å²) in [5.41, 5.74) is 1.69. The molecule has 0 amide bonds. The van der Waals surface area contributed by atoms with Crippen LogP contribution >= 0.6 is 0 Å². The molecule has 0 aromatic heterocycles. The van der Waals surface area contributed by atoms with Crippen LogP contribution in [0.5, 0.6) is 5.75 Å². The van der Waals surface area contributed by atoms with Crippen LogP contribution in [0.25, 0.3) is 0 Å². The van der Waals surface area contributed by atoms with Gasteiger partial charge in [0, 0.05) is 6.92 Å². The number of carbonyl (C=O) groups is 2. The Hall–Kier alpha value is -1.64. The first-order valence-electron chi connectivity index (χ1n) is 4.31. The fourth-order valence-electron chi connectivity index (χ4n) is 1.12. The van der Waals surface area contributed by atoms with Crippen LogP contribution in [0, 0.1) is 13.8 Å². The van der Waals surface area contributed by atoms with Gasteiger partial charge in [0.1, 0.15) is 5.75 Å². The van der Waals surface area contributed by atoms with Gasteiger partial charge >= 0.3 is 5.97 Å². The van der Waals surface area contributed by atoms with Gasteiger partial charge in [0.15, 0.2) is 0 Å². The van der Waals surface area contributed by atoms with E-state index in [0.717, 1.165) is 11.1 Å². The Bertz CT molecular complexity index is 360. The number of rotatable bonds is 2. The van der Waals surface area contributed by atoms with Gasteiger partial charge in [-0.1, -0.05) is 18.2 Å². The van der Waals surface area contributed by atoms with Crippen LogP contribution in [0.3, 0.4) is 0 Å². The maximum Gasteiger partial charge on any atom is 0.379 e. The van der Waals surface area contributed by atoms with E-state index in [1.54, 1.807) is 0 Å². The van der Waals surface area contributed by atoms with E-state index in [-0.39, 0.29) is 0 Å². The van der Waals surface area contributed by atoms with E-state index in [2.05, 4.69) is 0 Å². The second kappa shape index (κ2) is 4.05. The number of ketones is 1. The number of esters is 1. The van der Waals surface area contributed by atoms with Gasteiger partial charge < -0.3 is 4.74 Å². The fraction of sp³-hybridized carbons (Fsp3) is 0.273. The maximum absolute atomic E-state index is 11.0. The highest BCUT2D eigenvalue weighted by atomic mass is 16.5. The normalized spacial score (nSPS) is 9.64. The summed E-state index contributed by atoms with van der Waals surface area (Å²) in [6.45, 7) is 4.85. The summed E-state index contributed by atoms with van der Waals surface area (Å²) in [6, 6.07) is 5.53. The van der Waals surface area contributed by atoms with Crippen LogP contribution in [0.1, 0.15) is 18.1 Å². The molecule has 0 aliphatic rings. The average Bonchev–Trinajstić information content (AvgIpc) is 2.11. The molecular formula is C11H12O3. The highest BCUT2D eigenvalue weighted by molar-refractivity contribution is 6.33. The highest BCUT2D eigenvalue weighted by Gasteiger charge is 2.13. The predicted molar refractivity (Wildman–Crippen MR) is 52.2 cm³/mol. The quantitative estimate of drug-likeness (QED) is 0.407. The Kier molecular flexibility index (Phi) is 3.02. The van der Waals surface area contributed by atoms with Gasteiger partial charge in [0.2, 0.25) is 5.78 Å². The molecule has 1 aromatic carbocycles. The standard InChI is InChI=1S/C11H12O3/c1-7-5-4-6-8(2)10(7)14-11(13)9(3)12/h4-6H,1-3H3. The Labute approximate surface area is 82.7 Å². The monoisotopic (exact) mass is 192 g/mol. The van der Waals surface area contributed by atoms with Gasteiger partial charge in [-0.3, -0.25) is 4.79 Å². The highest BCUT2D eigenvalue weighted by Crippen LogP contribution is 2.22. The third-order valence-corrected chi connectivity index (χ3v) is 1.89. The van der Waals surface area contributed by atoms with Crippen molar-refractivity contribution in [2.45, 2.75) is 20.8 Å². The molecule has 0 atom stereocenters. The lowest BCUT2D eigenvalue weighted by Gasteiger charge is -2.08. The van der Waals surface area contributed by atoms with Crippen LogP contribution in [-0.2, 0) is 9.59 Å². The molecule has 0 aliphatic carbocycles. The average molecular weight is 192 g/mol. The zero-order valence-electron chi connectivity index (χ0n) is 8.46. The summed E-state index contributed by atoms with van der Waals surface area (Å²) in [5.74, 6) is -0.928. The summed E-state index contributed by atoms with van der Waals surface area (Å²) in [7, 11) is 0.